The molecule has 0 heterocycles. The van der Waals surface area contributed by atoms with Gasteiger partial charge in [-0.05, 0) is 59.8 Å². The van der Waals surface area contributed by atoms with Crippen molar-refractivity contribution in [2.75, 3.05) is 0 Å². The molecule has 0 amide bonds. The van der Waals surface area contributed by atoms with Crippen LogP contribution in [0.2, 0.25) is 0 Å². The van der Waals surface area contributed by atoms with Crippen LogP contribution in [0.3, 0.4) is 0 Å². The monoisotopic (exact) mass is 430 g/mol. The first-order valence-corrected chi connectivity index (χ1v) is 12.1. The molecule has 1 unspecified atom stereocenters. The first-order chi connectivity index (χ1) is 14.9. The van der Waals surface area contributed by atoms with E-state index in [1.54, 1.807) is 12.1 Å². The zero-order chi connectivity index (χ0) is 22.3. The van der Waals surface area contributed by atoms with E-state index < -0.39 is 12.1 Å². The molecule has 0 N–H and O–H groups in total. The molecule has 3 heteroatoms. The summed E-state index contributed by atoms with van der Waals surface area (Å²) >= 11 is 0. The highest BCUT2D eigenvalue weighted by atomic mass is 19.3. The average molecular weight is 431 g/mol. The van der Waals surface area contributed by atoms with Crippen molar-refractivity contribution >= 4 is 0 Å². The fourth-order valence-corrected chi connectivity index (χ4v) is 4.91. The fraction of sp³-hybridized carbons (Fsp3) is 0.571. The van der Waals surface area contributed by atoms with E-state index in [-0.39, 0.29) is 5.56 Å². The number of benzene rings is 2. The highest BCUT2D eigenvalue weighted by molar-refractivity contribution is 5.64. The van der Waals surface area contributed by atoms with Crippen molar-refractivity contribution < 1.29 is 13.2 Å². The van der Waals surface area contributed by atoms with Crippen LogP contribution < -0.4 is 0 Å². The molecule has 1 aliphatic carbocycles. The third kappa shape index (κ3) is 6.85. The summed E-state index contributed by atoms with van der Waals surface area (Å²) in [6.45, 7) is 2.88. The lowest BCUT2D eigenvalue weighted by molar-refractivity contribution is -0.0566. The van der Waals surface area contributed by atoms with Gasteiger partial charge in [-0.1, -0.05) is 94.0 Å². The van der Waals surface area contributed by atoms with E-state index in [0.29, 0.717) is 12.8 Å². The Labute approximate surface area is 186 Å². The maximum absolute atomic E-state index is 13.8. The third-order valence-corrected chi connectivity index (χ3v) is 6.93. The lowest BCUT2D eigenvalue weighted by Crippen LogP contribution is -2.18. The minimum absolute atomic E-state index is 0.0231. The molecule has 1 atom stereocenters. The van der Waals surface area contributed by atoms with Crippen LogP contribution in [0.1, 0.15) is 101 Å². The molecule has 1 saturated carbocycles. The average Bonchev–Trinajstić information content (AvgIpc) is 2.78. The van der Waals surface area contributed by atoms with E-state index in [9.17, 15) is 13.2 Å². The summed E-state index contributed by atoms with van der Waals surface area (Å²) in [5, 5.41) is 0. The van der Waals surface area contributed by atoms with Crippen LogP contribution in [0.4, 0.5) is 13.2 Å². The van der Waals surface area contributed by atoms with Crippen molar-refractivity contribution in [2.45, 2.75) is 96.1 Å². The standard InChI is InChI=1S/C28H37F3/c1-3-4-5-6-7-8-21-9-11-22(12-10-21)23-13-15-24(16-14-23)25-17-19-26(20-18-25)27(29)28(2,30)31/h13-22,27H,3-12H2,1-2H3. The number of hydrogen-bond acceptors (Lipinski definition) is 0. The van der Waals surface area contributed by atoms with E-state index in [1.807, 2.05) is 0 Å². The van der Waals surface area contributed by atoms with Gasteiger partial charge in [-0.25, -0.2) is 13.2 Å². The van der Waals surface area contributed by atoms with Gasteiger partial charge in [0, 0.05) is 6.92 Å². The van der Waals surface area contributed by atoms with Gasteiger partial charge in [-0.2, -0.15) is 0 Å². The molecule has 0 radical (unpaired) electrons. The fourth-order valence-electron chi connectivity index (χ4n) is 4.91. The van der Waals surface area contributed by atoms with Crippen molar-refractivity contribution in [1.29, 1.82) is 0 Å². The zero-order valence-corrected chi connectivity index (χ0v) is 19.1. The highest BCUT2D eigenvalue weighted by Gasteiger charge is 2.35. The maximum atomic E-state index is 13.8. The molecule has 0 saturated heterocycles. The molecule has 31 heavy (non-hydrogen) atoms. The quantitative estimate of drug-likeness (QED) is 0.329. The summed E-state index contributed by atoms with van der Waals surface area (Å²) in [4.78, 5) is 0. The Kier molecular flexibility index (Phi) is 8.63. The Bertz CT molecular complexity index is 765. The summed E-state index contributed by atoms with van der Waals surface area (Å²) in [6.07, 6.45) is 11.2. The van der Waals surface area contributed by atoms with Crippen LogP contribution in [0, 0.1) is 5.92 Å². The van der Waals surface area contributed by atoms with Crippen LogP contribution in [-0.4, -0.2) is 5.92 Å². The smallest absolute Gasteiger partial charge is 0.236 e. The van der Waals surface area contributed by atoms with Gasteiger partial charge < -0.3 is 0 Å². The zero-order valence-electron chi connectivity index (χ0n) is 19.1. The molecule has 0 spiro atoms. The van der Waals surface area contributed by atoms with Crippen molar-refractivity contribution in [2.24, 2.45) is 5.92 Å². The Balaban J connectivity index is 1.51. The number of hydrogen-bond donors (Lipinski definition) is 0. The van der Waals surface area contributed by atoms with Gasteiger partial charge in [0.05, 0.1) is 0 Å². The number of alkyl halides is 3. The van der Waals surface area contributed by atoms with Crippen molar-refractivity contribution in [3.63, 3.8) is 0 Å². The summed E-state index contributed by atoms with van der Waals surface area (Å²) < 4.78 is 40.2. The molecular weight excluding hydrogens is 393 g/mol. The highest BCUT2D eigenvalue weighted by Crippen LogP contribution is 2.39. The lowest BCUT2D eigenvalue weighted by atomic mass is 9.77. The summed E-state index contributed by atoms with van der Waals surface area (Å²) in [5.41, 5.74) is 3.38. The first kappa shape index (κ1) is 23.9. The molecule has 0 aromatic heterocycles. The van der Waals surface area contributed by atoms with Crippen LogP contribution in [-0.2, 0) is 0 Å². The van der Waals surface area contributed by atoms with E-state index in [0.717, 1.165) is 17.0 Å². The Hall–Kier alpha value is -1.77. The van der Waals surface area contributed by atoms with Gasteiger partial charge >= 0.3 is 0 Å². The van der Waals surface area contributed by atoms with E-state index >= 15 is 0 Å². The van der Waals surface area contributed by atoms with Gasteiger partial charge in [-0.15, -0.1) is 0 Å². The molecule has 0 nitrogen and oxygen atoms in total. The van der Waals surface area contributed by atoms with Crippen molar-refractivity contribution in [1.82, 2.24) is 0 Å². The predicted octanol–water partition coefficient (Wildman–Crippen LogP) is 9.65. The normalized spacial score (nSPS) is 20.5. The molecule has 1 aliphatic rings. The number of halogens is 3. The minimum atomic E-state index is -3.36. The SMILES string of the molecule is CCCCCCCC1CCC(c2ccc(-c3ccc(C(F)C(C)(F)F)cc3)cc2)CC1. The van der Waals surface area contributed by atoms with E-state index in [4.69, 9.17) is 0 Å². The van der Waals surface area contributed by atoms with Crippen LogP contribution in [0.15, 0.2) is 48.5 Å². The molecule has 3 rings (SSSR count). The molecule has 0 aliphatic heterocycles. The second kappa shape index (κ2) is 11.2. The van der Waals surface area contributed by atoms with Crippen LogP contribution in [0.5, 0.6) is 0 Å². The Morgan fingerprint density at radius 2 is 1.35 bits per heavy atom. The van der Waals surface area contributed by atoms with Gasteiger partial charge in [0.15, 0.2) is 6.17 Å². The molecular formula is C28H37F3. The number of unbranched alkanes of at least 4 members (excludes halogenated alkanes) is 4. The summed E-state index contributed by atoms with van der Waals surface area (Å²) in [7, 11) is 0. The van der Waals surface area contributed by atoms with Crippen LogP contribution >= 0.6 is 0 Å². The molecule has 0 bridgehead atoms. The molecule has 170 valence electrons. The van der Waals surface area contributed by atoms with Crippen molar-refractivity contribution in [3.8, 4) is 11.1 Å². The van der Waals surface area contributed by atoms with Gasteiger partial charge in [0.2, 0.25) is 0 Å². The second-order valence-corrected chi connectivity index (χ2v) is 9.48. The van der Waals surface area contributed by atoms with E-state index in [1.165, 1.54) is 81.9 Å². The topological polar surface area (TPSA) is 0 Å². The third-order valence-electron chi connectivity index (χ3n) is 6.93. The Morgan fingerprint density at radius 1 is 0.806 bits per heavy atom. The molecule has 2 aromatic rings. The van der Waals surface area contributed by atoms with Gasteiger partial charge in [0.1, 0.15) is 0 Å². The molecule has 2 aromatic carbocycles. The van der Waals surface area contributed by atoms with Crippen LogP contribution in [0.25, 0.3) is 11.1 Å². The number of rotatable bonds is 10. The van der Waals surface area contributed by atoms with Gasteiger partial charge in [-0.3, -0.25) is 0 Å². The Morgan fingerprint density at radius 3 is 1.90 bits per heavy atom. The summed E-state index contributed by atoms with van der Waals surface area (Å²) in [6, 6.07) is 15.0. The summed E-state index contributed by atoms with van der Waals surface area (Å²) in [5.74, 6) is -1.81. The molecule has 1 fully saturated rings. The van der Waals surface area contributed by atoms with Gasteiger partial charge in [0.25, 0.3) is 5.92 Å². The van der Waals surface area contributed by atoms with Crippen molar-refractivity contribution in [3.05, 3.63) is 59.7 Å². The lowest BCUT2D eigenvalue weighted by Gasteiger charge is -2.29. The minimum Gasteiger partial charge on any atom is -0.236 e. The van der Waals surface area contributed by atoms with E-state index in [2.05, 4.69) is 31.2 Å². The largest absolute Gasteiger partial charge is 0.280 e. The first-order valence-electron chi connectivity index (χ1n) is 12.1. The maximum Gasteiger partial charge on any atom is 0.280 e. The second-order valence-electron chi connectivity index (χ2n) is 9.48. The predicted molar refractivity (Wildman–Crippen MR) is 124 cm³/mol.